The Labute approximate surface area is 195 Å². The molecule has 3 aromatic rings. The van der Waals surface area contributed by atoms with Crippen LogP contribution in [-0.4, -0.2) is 48.3 Å². The molecule has 4 rings (SSSR count). The molecule has 0 unspecified atom stereocenters. The molecule has 0 saturated heterocycles. The Hall–Kier alpha value is -2.58. The molecule has 1 aliphatic carbocycles. The van der Waals surface area contributed by atoms with Gasteiger partial charge in [-0.25, -0.2) is 4.68 Å². The fraction of sp³-hybridized carbons (Fsp3) is 0.600. The monoisotopic (exact) mass is 452 g/mol. The molecule has 178 valence electrons. The topological polar surface area (TPSA) is 99.9 Å². The smallest absolute Gasteiger partial charge is 0.252 e. The molecule has 1 atom stereocenters. The number of aryl methyl sites for hydroxylation is 2. The lowest BCUT2D eigenvalue weighted by Gasteiger charge is -2.34. The Balaban J connectivity index is 1.72. The molecule has 33 heavy (non-hydrogen) atoms. The number of nitrogens with zero attached hydrogens (tertiary/aromatic N) is 5. The third kappa shape index (κ3) is 5.01. The van der Waals surface area contributed by atoms with Gasteiger partial charge in [0.15, 0.2) is 5.82 Å². The van der Waals surface area contributed by atoms with Gasteiger partial charge >= 0.3 is 0 Å². The molecule has 8 heteroatoms. The second-order valence-electron chi connectivity index (χ2n) is 9.83. The van der Waals surface area contributed by atoms with E-state index in [9.17, 15) is 9.90 Å². The third-order valence-corrected chi connectivity index (χ3v) is 6.83. The molecule has 0 bridgehead atoms. The van der Waals surface area contributed by atoms with E-state index in [0.717, 1.165) is 40.7 Å². The van der Waals surface area contributed by atoms with Gasteiger partial charge in [0.25, 0.3) is 5.56 Å². The van der Waals surface area contributed by atoms with E-state index in [1.807, 2.05) is 17.7 Å². The van der Waals surface area contributed by atoms with Gasteiger partial charge in [-0.05, 0) is 72.5 Å². The number of aliphatic hydroxyl groups is 1. The van der Waals surface area contributed by atoms with Gasteiger partial charge < -0.3 is 10.1 Å². The molecule has 2 aromatic heterocycles. The Morgan fingerprint density at radius 1 is 1.21 bits per heavy atom. The summed E-state index contributed by atoms with van der Waals surface area (Å²) in [6.45, 7) is 9.66. The lowest BCUT2D eigenvalue weighted by atomic mass is 9.99. The summed E-state index contributed by atoms with van der Waals surface area (Å²) in [5, 5.41) is 23.5. The summed E-state index contributed by atoms with van der Waals surface area (Å²) >= 11 is 0. The number of pyridine rings is 1. The predicted molar refractivity (Wildman–Crippen MR) is 129 cm³/mol. The Bertz CT molecular complexity index is 1150. The SMILES string of the molecule is Cc1cc(C)c2[nH]c(=O)c(CN(CCCO)[C@H](c3nnnn3C3CCCC3)C(C)C)cc2c1. The van der Waals surface area contributed by atoms with Crippen LogP contribution < -0.4 is 5.56 Å². The summed E-state index contributed by atoms with van der Waals surface area (Å²) < 4.78 is 2.01. The van der Waals surface area contributed by atoms with E-state index < -0.39 is 0 Å². The zero-order valence-corrected chi connectivity index (χ0v) is 20.2. The summed E-state index contributed by atoms with van der Waals surface area (Å²) in [6, 6.07) is 6.49. The second-order valence-corrected chi connectivity index (χ2v) is 9.83. The van der Waals surface area contributed by atoms with Gasteiger partial charge in [0.2, 0.25) is 0 Å². The third-order valence-electron chi connectivity index (χ3n) is 6.83. The molecule has 1 saturated carbocycles. The molecule has 1 fully saturated rings. The average molecular weight is 453 g/mol. The molecule has 0 radical (unpaired) electrons. The van der Waals surface area contributed by atoms with Crippen LogP contribution in [0.5, 0.6) is 0 Å². The average Bonchev–Trinajstić information content (AvgIpc) is 3.44. The lowest BCUT2D eigenvalue weighted by molar-refractivity contribution is 0.120. The first-order valence-corrected chi connectivity index (χ1v) is 12.1. The molecule has 0 aliphatic heterocycles. The largest absolute Gasteiger partial charge is 0.396 e. The van der Waals surface area contributed by atoms with Crippen LogP contribution in [0, 0.1) is 19.8 Å². The van der Waals surface area contributed by atoms with E-state index in [-0.39, 0.29) is 24.1 Å². The van der Waals surface area contributed by atoms with E-state index in [1.54, 1.807) is 0 Å². The standard InChI is InChI=1S/C25H36N6O2/c1-16(2)23(24-27-28-29-31(24)21-8-5-6-9-21)30(10-7-11-32)15-20-14-19-13-17(3)12-18(4)22(19)26-25(20)33/h12-14,16,21,23,32H,5-11,15H2,1-4H3,(H,26,33)/t23-/m0/s1. The van der Waals surface area contributed by atoms with Crippen LogP contribution >= 0.6 is 0 Å². The number of nitrogens with one attached hydrogen (secondary N) is 1. The number of aliphatic hydroxyl groups excluding tert-OH is 1. The van der Waals surface area contributed by atoms with E-state index in [1.165, 1.54) is 18.4 Å². The van der Waals surface area contributed by atoms with Gasteiger partial charge in [-0.1, -0.05) is 38.3 Å². The zero-order valence-electron chi connectivity index (χ0n) is 20.2. The Kier molecular flexibility index (Phi) is 7.24. The maximum Gasteiger partial charge on any atom is 0.252 e. The highest BCUT2D eigenvalue weighted by Crippen LogP contribution is 2.34. The first-order chi connectivity index (χ1) is 15.9. The van der Waals surface area contributed by atoms with Crippen LogP contribution in [0.1, 0.15) is 80.6 Å². The number of tetrazole rings is 1. The maximum atomic E-state index is 13.1. The number of benzene rings is 1. The number of fused-ring (bicyclic) bond motifs is 1. The van der Waals surface area contributed by atoms with Gasteiger partial charge in [-0.15, -0.1) is 5.10 Å². The van der Waals surface area contributed by atoms with Crippen molar-refractivity contribution in [2.75, 3.05) is 13.2 Å². The minimum Gasteiger partial charge on any atom is -0.396 e. The second kappa shape index (κ2) is 10.1. The van der Waals surface area contributed by atoms with Crippen molar-refractivity contribution in [1.29, 1.82) is 0 Å². The Morgan fingerprint density at radius 3 is 2.67 bits per heavy atom. The fourth-order valence-corrected chi connectivity index (χ4v) is 5.35. The number of aromatic nitrogens is 5. The van der Waals surface area contributed by atoms with Gasteiger partial charge in [0, 0.05) is 25.3 Å². The van der Waals surface area contributed by atoms with Crippen molar-refractivity contribution in [2.45, 2.75) is 78.4 Å². The van der Waals surface area contributed by atoms with Crippen molar-refractivity contribution in [3.8, 4) is 0 Å². The highest BCUT2D eigenvalue weighted by atomic mass is 16.3. The van der Waals surface area contributed by atoms with Crippen molar-refractivity contribution >= 4 is 10.9 Å². The van der Waals surface area contributed by atoms with Crippen molar-refractivity contribution < 1.29 is 5.11 Å². The van der Waals surface area contributed by atoms with Gasteiger partial charge in [-0.3, -0.25) is 9.69 Å². The van der Waals surface area contributed by atoms with E-state index >= 15 is 0 Å². The maximum absolute atomic E-state index is 13.1. The first-order valence-electron chi connectivity index (χ1n) is 12.1. The summed E-state index contributed by atoms with van der Waals surface area (Å²) in [4.78, 5) is 18.4. The molecule has 2 N–H and O–H groups in total. The van der Waals surface area contributed by atoms with E-state index in [0.29, 0.717) is 25.6 Å². The highest BCUT2D eigenvalue weighted by molar-refractivity contribution is 5.82. The van der Waals surface area contributed by atoms with Crippen LogP contribution in [0.15, 0.2) is 23.0 Å². The highest BCUT2D eigenvalue weighted by Gasteiger charge is 2.32. The quantitative estimate of drug-likeness (QED) is 0.512. The number of H-pyrrole nitrogens is 1. The molecule has 2 heterocycles. The predicted octanol–water partition coefficient (Wildman–Crippen LogP) is 3.83. The van der Waals surface area contributed by atoms with Crippen LogP contribution in [0.4, 0.5) is 0 Å². The molecule has 0 amide bonds. The normalized spacial score (nSPS) is 15.8. The van der Waals surface area contributed by atoms with Crippen molar-refractivity contribution in [3.05, 3.63) is 51.1 Å². The number of rotatable bonds is 9. The first kappa shape index (κ1) is 23.6. The molecule has 1 aliphatic rings. The summed E-state index contributed by atoms with van der Waals surface area (Å²) in [7, 11) is 0. The lowest BCUT2D eigenvalue weighted by Crippen LogP contribution is -2.37. The number of hydrogen-bond donors (Lipinski definition) is 2. The van der Waals surface area contributed by atoms with Crippen LogP contribution in [0.3, 0.4) is 0 Å². The van der Waals surface area contributed by atoms with Crippen LogP contribution in [0.2, 0.25) is 0 Å². The minimum atomic E-state index is -0.0682. The fourth-order valence-electron chi connectivity index (χ4n) is 5.35. The molecule has 1 aromatic carbocycles. The summed E-state index contributed by atoms with van der Waals surface area (Å²) in [5.74, 6) is 1.10. The molecular weight excluding hydrogens is 416 g/mol. The molecular formula is C25H36N6O2. The van der Waals surface area contributed by atoms with Crippen LogP contribution in [-0.2, 0) is 6.54 Å². The van der Waals surface area contributed by atoms with Gasteiger partial charge in [0.1, 0.15) is 0 Å². The molecule has 0 spiro atoms. The van der Waals surface area contributed by atoms with Crippen LogP contribution in [0.25, 0.3) is 10.9 Å². The summed E-state index contributed by atoms with van der Waals surface area (Å²) in [5.41, 5.74) is 3.78. The minimum absolute atomic E-state index is 0.0542. The Morgan fingerprint density at radius 2 is 1.97 bits per heavy atom. The van der Waals surface area contributed by atoms with Gasteiger partial charge in [-0.2, -0.15) is 0 Å². The summed E-state index contributed by atoms with van der Waals surface area (Å²) in [6.07, 6.45) is 5.23. The van der Waals surface area contributed by atoms with Crippen molar-refractivity contribution in [2.24, 2.45) is 5.92 Å². The van der Waals surface area contributed by atoms with Crippen molar-refractivity contribution in [3.63, 3.8) is 0 Å². The molecule has 8 nitrogen and oxygen atoms in total. The van der Waals surface area contributed by atoms with Gasteiger partial charge in [0.05, 0.1) is 17.6 Å². The zero-order chi connectivity index (χ0) is 23.5. The van der Waals surface area contributed by atoms with Crippen molar-refractivity contribution in [1.82, 2.24) is 30.1 Å². The van der Waals surface area contributed by atoms with E-state index in [4.69, 9.17) is 0 Å². The number of aromatic amines is 1. The number of hydrogen-bond acceptors (Lipinski definition) is 6. The van der Waals surface area contributed by atoms with E-state index in [2.05, 4.69) is 58.3 Å².